The van der Waals surface area contributed by atoms with E-state index >= 15 is 0 Å². The topological polar surface area (TPSA) is 93.1 Å². The molecule has 0 atom stereocenters. The Morgan fingerprint density at radius 1 is 1.06 bits per heavy atom. The minimum absolute atomic E-state index is 0.115. The van der Waals surface area contributed by atoms with Gasteiger partial charge in [0.25, 0.3) is 5.56 Å². The van der Waals surface area contributed by atoms with Crippen LogP contribution in [0, 0.1) is 13.8 Å². The zero-order chi connectivity index (χ0) is 22.4. The molecule has 0 unspecified atom stereocenters. The van der Waals surface area contributed by atoms with Crippen molar-refractivity contribution in [2.45, 2.75) is 46.6 Å². The number of para-hydroxylation sites is 2. The summed E-state index contributed by atoms with van der Waals surface area (Å²) in [7, 11) is 0. The molecule has 31 heavy (non-hydrogen) atoms. The summed E-state index contributed by atoms with van der Waals surface area (Å²) in [5.74, 6) is -0.410. The molecule has 2 N–H and O–H groups in total. The molecule has 0 aliphatic heterocycles. The number of hydrogen-bond donors (Lipinski definition) is 2. The van der Waals surface area contributed by atoms with Crippen molar-refractivity contribution in [3.05, 3.63) is 69.6 Å². The number of anilines is 1. The average molecular weight is 421 g/mol. The summed E-state index contributed by atoms with van der Waals surface area (Å²) in [6.45, 7) is 6.37. The normalized spacial score (nSPS) is 10.8. The minimum atomic E-state index is -0.349. The maximum Gasteiger partial charge on any atom is 0.273 e. The van der Waals surface area contributed by atoms with Crippen LogP contribution >= 0.6 is 0 Å². The molecule has 2 amide bonds. The quantitative estimate of drug-likeness (QED) is 0.586. The Bertz CT molecular complexity index is 1170. The van der Waals surface area contributed by atoms with E-state index in [1.165, 1.54) is 4.57 Å². The van der Waals surface area contributed by atoms with Gasteiger partial charge in [-0.25, -0.2) is 4.98 Å². The maximum absolute atomic E-state index is 13.1. The molecule has 0 spiro atoms. The van der Waals surface area contributed by atoms with Gasteiger partial charge in [0.15, 0.2) is 0 Å². The van der Waals surface area contributed by atoms with Crippen LogP contribution in [0.5, 0.6) is 0 Å². The number of hydrogen-bond acceptors (Lipinski definition) is 4. The second-order valence-electron chi connectivity index (χ2n) is 7.66. The lowest BCUT2D eigenvalue weighted by atomic mass is 10.1. The second kappa shape index (κ2) is 10.0. The van der Waals surface area contributed by atoms with E-state index in [0.29, 0.717) is 17.6 Å². The fourth-order valence-corrected chi connectivity index (χ4v) is 3.44. The summed E-state index contributed by atoms with van der Waals surface area (Å²) in [5, 5.41) is 5.69. The molecule has 0 saturated carbocycles. The van der Waals surface area contributed by atoms with Gasteiger partial charge in [-0.15, -0.1) is 0 Å². The van der Waals surface area contributed by atoms with Gasteiger partial charge in [0.2, 0.25) is 11.8 Å². The van der Waals surface area contributed by atoms with Crippen LogP contribution in [0.3, 0.4) is 0 Å². The van der Waals surface area contributed by atoms with E-state index in [0.717, 1.165) is 23.2 Å². The first-order valence-electron chi connectivity index (χ1n) is 10.5. The van der Waals surface area contributed by atoms with Crippen LogP contribution < -0.4 is 16.2 Å². The maximum atomic E-state index is 13.1. The Hall–Kier alpha value is -3.48. The number of fused-ring (bicyclic) bond motifs is 1. The SMILES string of the molecule is CCCNC(=O)CCc1nc2ccccc2n(CC(=O)Nc2ccc(C)cc2C)c1=O. The van der Waals surface area contributed by atoms with Crippen molar-refractivity contribution in [1.29, 1.82) is 0 Å². The Morgan fingerprint density at radius 3 is 2.58 bits per heavy atom. The highest BCUT2D eigenvalue weighted by atomic mass is 16.2. The van der Waals surface area contributed by atoms with E-state index in [1.807, 2.05) is 45.0 Å². The van der Waals surface area contributed by atoms with Crippen LogP contribution in [-0.4, -0.2) is 27.9 Å². The molecular weight excluding hydrogens is 392 g/mol. The van der Waals surface area contributed by atoms with Gasteiger partial charge in [-0.3, -0.25) is 19.0 Å². The molecule has 0 saturated heterocycles. The molecule has 3 rings (SSSR count). The van der Waals surface area contributed by atoms with E-state index in [9.17, 15) is 14.4 Å². The molecule has 0 fully saturated rings. The molecule has 162 valence electrons. The molecule has 0 aliphatic carbocycles. The van der Waals surface area contributed by atoms with Gasteiger partial charge in [-0.05, 0) is 44.0 Å². The predicted molar refractivity (Wildman–Crippen MR) is 122 cm³/mol. The molecule has 1 heterocycles. The number of aryl methyl sites for hydroxylation is 3. The van der Waals surface area contributed by atoms with Crippen LogP contribution in [0.25, 0.3) is 11.0 Å². The van der Waals surface area contributed by atoms with Crippen molar-refractivity contribution in [2.75, 3.05) is 11.9 Å². The lowest BCUT2D eigenvalue weighted by Gasteiger charge is -2.14. The molecule has 3 aromatic rings. The lowest BCUT2D eigenvalue weighted by molar-refractivity contribution is -0.121. The van der Waals surface area contributed by atoms with Gasteiger partial charge in [0.05, 0.1) is 11.0 Å². The summed E-state index contributed by atoms with van der Waals surface area (Å²) in [6.07, 6.45) is 1.25. The van der Waals surface area contributed by atoms with Crippen molar-refractivity contribution in [3.63, 3.8) is 0 Å². The van der Waals surface area contributed by atoms with Crippen molar-refractivity contribution < 1.29 is 9.59 Å². The first-order valence-corrected chi connectivity index (χ1v) is 10.5. The first kappa shape index (κ1) is 22.2. The summed E-state index contributed by atoms with van der Waals surface area (Å²) in [6, 6.07) is 13.0. The van der Waals surface area contributed by atoms with Crippen LogP contribution in [-0.2, 0) is 22.6 Å². The summed E-state index contributed by atoms with van der Waals surface area (Å²) >= 11 is 0. The number of carbonyl (C=O) groups is 2. The number of nitrogens with one attached hydrogen (secondary N) is 2. The van der Waals surface area contributed by atoms with E-state index in [-0.39, 0.29) is 42.5 Å². The highest BCUT2D eigenvalue weighted by molar-refractivity contribution is 5.92. The Morgan fingerprint density at radius 2 is 1.84 bits per heavy atom. The van der Waals surface area contributed by atoms with Crippen LogP contribution in [0.2, 0.25) is 0 Å². The number of rotatable bonds is 8. The summed E-state index contributed by atoms with van der Waals surface area (Å²) in [4.78, 5) is 42.3. The van der Waals surface area contributed by atoms with Gasteiger partial charge in [0, 0.05) is 25.1 Å². The number of amides is 2. The smallest absolute Gasteiger partial charge is 0.273 e. The molecule has 2 aromatic carbocycles. The Kier molecular flexibility index (Phi) is 7.18. The summed E-state index contributed by atoms with van der Waals surface area (Å²) < 4.78 is 1.43. The second-order valence-corrected chi connectivity index (χ2v) is 7.66. The molecule has 0 bridgehead atoms. The van der Waals surface area contributed by atoms with Gasteiger partial charge >= 0.3 is 0 Å². The van der Waals surface area contributed by atoms with Crippen molar-refractivity contribution in [1.82, 2.24) is 14.9 Å². The third-order valence-corrected chi connectivity index (χ3v) is 5.04. The Balaban J connectivity index is 1.86. The zero-order valence-electron chi connectivity index (χ0n) is 18.2. The van der Waals surface area contributed by atoms with Gasteiger partial charge in [0.1, 0.15) is 12.2 Å². The molecule has 0 radical (unpaired) electrons. The standard InChI is InChI=1S/C24H28N4O3/c1-4-13-25-22(29)12-11-20-24(31)28(21-8-6-5-7-19(21)26-20)15-23(30)27-18-10-9-16(2)14-17(18)3/h5-10,14H,4,11-13,15H2,1-3H3,(H,25,29)(H,27,30). The molecule has 7 heteroatoms. The fraction of sp³-hybridized carbons (Fsp3) is 0.333. The summed E-state index contributed by atoms with van der Waals surface area (Å²) in [5.41, 5.74) is 3.92. The van der Waals surface area contributed by atoms with E-state index in [1.54, 1.807) is 18.2 Å². The zero-order valence-corrected chi connectivity index (χ0v) is 18.2. The van der Waals surface area contributed by atoms with E-state index in [4.69, 9.17) is 0 Å². The molecule has 7 nitrogen and oxygen atoms in total. The highest BCUT2D eigenvalue weighted by Gasteiger charge is 2.15. The Labute approximate surface area is 181 Å². The van der Waals surface area contributed by atoms with Crippen molar-refractivity contribution >= 4 is 28.5 Å². The predicted octanol–water partition coefficient (Wildman–Crippen LogP) is 3.11. The van der Waals surface area contributed by atoms with E-state index in [2.05, 4.69) is 15.6 Å². The third kappa shape index (κ3) is 5.57. The minimum Gasteiger partial charge on any atom is -0.356 e. The van der Waals surface area contributed by atoms with Gasteiger partial charge < -0.3 is 10.6 Å². The number of carbonyl (C=O) groups excluding carboxylic acids is 2. The lowest BCUT2D eigenvalue weighted by Crippen LogP contribution is -2.32. The molecule has 0 aliphatic rings. The first-order chi connectivity index (χ1) is 14.9. The molecule has 1 aromatic heterocycles. The van der Waals surface area contributed by atoms with Crippen molar-refractivity contribution in [3.8, 4) is 0 Å². The van der Waals surface area contributed by atoms with Crippen molar-refractivity contribution in [2.24, 2.45) is 0 Å². The highest BCUT2D eigenvalue weighted by Crippen LogP contribution is 2.16. The average Bonchev–Trinajstić information content (AvgIpc) is 2.75. The molecular formula is C24H28N4O3. The van der Waals surface area contributed by atoms with E-state index < -0.39 is 0 Å². The number of nitrogens with zero attached hydrogens (tertiary/aromatic N) is 2. The van der Waals surface area contributed by atoms with Gasteiger partial charge in [-0.1, -0.05) is 36.8 Å². The van der Waals surface area contributed by atoms with Gasteiger partial charge in [-0.2, -0.15) is 0 Å². The fourth-order valence-electron chi connectivity index (χ4n) is 3.44. The van der Waals surface area contributed by atoms with Crippen LogP contribution in [0.4, 0.5) is 5.69 Å². The van der Waals surface area contributed by atoms with Crippen LogP contribution in [0.15, 0.2) is 47.3 Å². The monoisotopic (exact) mass is 420 g/mol. The number of benzene rings is 2. The largest absolute Gasteiger partial charge is 0.356 e. The number of aromatic nitrogens is 2. The van der Waals surface area contributed by atoms with Crippen LogP contribution in [0.1, 0.15) is 36.6 Å². The third-order valence-electron chi connectivity index (χ3n) is 5.04.